The SMILES string of the molecule is CSc1nc(C)c(CCC(=O)OCC(=O)Nc2ccc(C)c(Cl)c2)c(C)n1. The van der Waals surface area contributed by atoms with Crippen LogP contribution >= 0.6 is 23.4 Å². The van der Waals surface area contributed by atoms with Crippen molar-refractivity contribution in [2.24, 2.45) is 0 Å². The molecule has 8 heteroatoms. The summed E-state index contributed by atoms with van der Waals surface area (Å²) in [5, 5.41) is 3.92. The standard InChI is InChI=1S/C19H22ClN3O3S/c1-11-5-6-14(9-16(11)20)23-17(24)10-26-18(25)8-7-15-12(2)21-19(27-4)22-13(15)3/h5-6,9H,7-8,10H2,1-4H3,(H,23,24). The molecular weight excluding hydrogens is 386 g/mol. The third kappa shape index (κ3) is 6.22. The number of esters is 1. The largest absolute Gasteiger partial charge is 0.456 e. The van der Waals surface area contributed by atoms with Crippen LogP contribution in [0, 0.1) is 20.8 Å². The van der Waals surface area contributed by atoms with E-state index < -0.39 is 11.9 Å². The Labute approximate surface area is 168 Å². The van der Waals surface area contributed by atoms with E-state index in [2.05, 4.69) is 15.3 Å². The van der Waals surface area contributed by atoms with Crippen LogP contribution in [0.2, 0.25) is 5.02 Å². The van der Waals surface area contributed by atoms with Crippen LogP contribution in [0.5, 0.6) is 0 Å². The first kappa shape index (κ1) is 21.2. The molecule has 1 N–H and O–H groups in total. The molecule has 2 rings (SSSR count). The number of carbonyl (C=O) groups is 2. The Balaban J connectivity index is 1.82. The van der Waals surface area contributed by atoms with Gasteiger partial charge in [-0.25, -0.2) is 9.97 Å². The number of halogens is 1. The van der Waals surface area contributed by atoms with Crippen LogP contribution < -0.4 is 5.32 Å². The lowest BCUT2D eigenvalue weighted by Gasteiger charge is -2.10. The van der Waals surface area contributed by atoms with Gasteiger partial charge in [0.15, 0.2) is 11.8 Å². The fourth-order valence-corrected chi connectivity index (χ4v) is 3.11. The molecule has 0 spiro atoms. The topological polar surface area (TPSA) is 81.2 Å². The van der Waals surface area contributed by atoms with E-state index in [1.54, 1.807) is 18.2 Å². The maximum Gasteiger partial charge on any atom is 0.306 e. The zero-order valence-electron chi connectivity index (χ0n) is 15.8. The highest BCUT2D eigenvalue weighted by Crippen LogP contribution is 2.20. The van der Waals surface area contributed by atoms with Gasteiger partial charge in [0.2, 0.25) is 0 Å². The van der Waals surface area contributed by atoms with E-state index in [1.165, 1.54) is 11.8 Å². The number of hydrogen-bond acceptors (Lipinski definition) is 6. The highest BCUT2D eigenvalue weighted by Gasteiger charge is 2.13. The van der Waals surface area contributed by atoms with E-state index in [9.17, 15) is 9.59 Å². The van der Waals surface area contributed by atoms with Crippen LogP contribution in [0.4, 0.5) is 5.69 Å². The normalized spacial score (nSPS) is 10.6. The van der Waals surface area contributed by atoms with Crippen LogP contribution in [0.1, 0.15) is 28.9 Å². The summed E-state index contributed by atoms with van der Waals surface area (Å²) in [6.07, 6.45) is 2.55. The number of rotatable bonds is 7. The fraction of sp³-hybridized carbons (Fsp3) is 0.368. The fourth-order valence-electron chi connectivity index (χ4n) is 2.47. The first-order valence-electron chi connectivity index (χ1n) is 8.40. The van der Waals surface area contributed by atoms with E-state index in [-0.39, 0.29) is 13.0 Å². The highest BCUT2D eigenvalue weighted by molar-refractivity contribution is 7.98. The Hall–Kier alpha value is -2.12. The van der Waals surface area contributed by atoms with Crippen molar-refractivity contribution in [1.82, 2.24) is 9.97 Å². The highest BCUT2D eigenvalue weighted by atomic mass is 35.5. The Morgan fingerprint density at radius 1 is 1.19 bits per heavy atom. The number of aromatic nitrogens is 2. The summed E-state index contributed by atoms with van der Waals surface area (Å²) in [5.41, 5.74) is 4.12. The molecule has 27 heavy (non-hydrogen) atoms. The van der Waals surface area contributed by atoms with Gasteiger partial charge in [0.25, 0.3) is 5.91 Å². The van der Waals surface area contributed by atoms with Crippen LogP contribution in [0.25, 0.3) is 0 Å². The molecule has 0 saturated carbocycles. The Kier molecular flexibility index (Phi) is 7.62. The number of benzene rings is 1. The Bertz CT molecular complexity index is 835. The minimum Gasteiger partial charge on any atom is -0.456 e. The number of hydrogen-bond donors (Lipinski definition) is 1. The molecule has 0 radical (unpaired) electrons. The average Bonchev–Trinajstić information content (AvgIpc) is 2.62. The minimum absolute atomic E-state index is 0.160. The lowest BCUT2D eigenvalue weighted by molar-refractivity contribution is -0.147. The number of nitrogens with zero attached hydrogens (tertiary/aromatic N) is 2. The molecule has 1 aromatic carbocycles. The van der Waals surface area contributed by atoms with Crippen molar-refractivity contribution in [2.45, 2.75) is 38.8 Å². The van der Waals surface area contributed by atoms with Crippen LogP contribution in [0.15, 0.2) is 23.4 Å². The maximum absolute atomic E-state index is 11.9. The van der Waals surface area contributed by atoms with Crippen molar-refractivity contribution in [1.29, 1.82) is 0 Å². The van der Waals surface area contributed by atoms with Crippen molar-refractivity contribution in [2.75, 3.05) is 18.2 Å². The number of anilines is 1. The third-order valence-corrected chi connectivity index (χ3v) is 4.94. The Morgan fingerprint density at radius 2 is 1.85 bits per heavy atom. The summed E-state index contributed by atoms with van der Waals surface area (Å²) in [6, 6.07) is 5.20. The van der Waals surface area contributed by atoms with Gasteiger partial charge in [0.1, 0.15) is 0 Å². The van der Waals surface area contributed by atoms with Gasteiger partial charge < -0.3 is 10.1 Å². The average molecular weight is 408 g/mol. The number of nitrogens with one attached hydrogen (secondary N) is 1. The van der Waals surface area contributed by atoms with E-state index in [4.69, 9.17) is 16.3 Å². The maximum atomic E-state index is 11.9. The zero-order valence-corrected chi connectivity index (χ0v) is 17.3. The molecule has 2 aromatic rings. The second-order valence-electron chi connectivity index (χ2n) is 6.03. The van der Waals surface area contributed by atoms with Gasteiger partial charge in [-0.3, -0.25) is 9.59 Å². The number of ether oxygens (including phenoxy) is 1. The quantitative estimate of drug-likeness (QED) is 0.426. The van der Waals surface area contributed by atoms with Gasteiger partial charge >= 0.3 is 5.97 Å². The lowest BCUT2D eigenvalue weighted by atomic mass is 10.1. The van der Waals surface area contributed by atoms with Crippen LogP contribution in [0.3, 0.4) is 0 Å². The first-order chi connectivity index (χ1) is 12.8. The summed E-state index contributed by atoms with van der Waals surface area (Å²) < 4.78 is 5.05. The number of thioether (sulfide) groups is 1. The summed E-state index contributed by atoms with van der Waals surface area (Å²) >= 11 is 7.50. The van der Waals surface area contributed by atoms with E-state index >= 15 is 0 Å². The first-order valence-corrected chi connectivity index (χ1v) is 10.00. The number of amides is 1. The molecule has 6 nitrogen and oxygen atoms in total. The molecule has 0 aliphatic heterocycles. The van der Waals surface area contributed by atoms with E-state index in [0.717, 1.165) is 22.5 Å². The lowest BCUT2D eigenvalue weighted by Crippen LogP contribution is -2.21. The molecule has 1 heterocycles. The smallest absolute Gasteiger partial charge is 0.306 e. The molecule has 0 aliphatic carbocycles. The second kappa shape index (κ2) is 9.71. The summed E-state index contributed by atoms with van der Waals surface area (Å²) in [4.78, 5) is 32.6. The summed E-state index contributed by atoms with van der Waals surface area (Å²) in [5.74, 6) is -0.858. The molecule has 0 saturated heterocycles. The van der Waals surface area contributed by atoms with Gasteiger partial charge in [-0.05, 0) is 56.7 Å². The predicted molar refractivity (Wildman–Crippen MR) is 107 cm³/mol. The monoisotopic (exact) mass is 407 g/mol. The molecular formula is C19H22ClN3O3S. The molecule has 0 unspecified atom stereocenters. The molecule has 1 amide bonds. The number of aryl methyl sites for hydroxylation is 3. The minimum atomic E-state index is -0.445. The van der Waals surface area contributed by atoms with E-state index in [1.807, 2.05) is 27.0 Å². The molecule has 1 aromatic heterocycles. The van der Waals surface area contributed by atoms with Gasteiger partial charge in [-0.2, -0.15) is 0 Å². The molecule has 0 aliphatic rings. The van der Waals surface area contributed by atoms with Crippen molar-refractivity contribution in [3.63, 3.8) is 0 Å². The van der Waals surface area contributed by atoms with Crippen LogP contribution in [-0.2, 0) is 20.7 Å². The third-order valence-electron chi connectivity index (χ3n) is 3.98. The molecule has 0 fully saturated rings. The molecule has 0 atom stereocenters. The van der Waals surface area contributed by atoms with Crippen molar-refractivity contribution in [3.05, 3.63) is 45.7 Å². The van der Waals surface area contributed by atoms with Crippen molar-refractivity contribution in [3.8, 4) is 0 Å². The van der Waals surface area contributed by atoms with Gasteiger partial charge in [-0.15, -0.1) is 0 Å². The van der Waals surface area contributed by atoms with Crippen molar-refractivity contribution >= 4 is 40.9 Å². The molecule has 0 bridgehead atoms. The zero-order chi connectivity index (χ0) is 20.0. The van der Waals surface area contributed by atoms with Crippen LogP contribution in [-0.4, -0.2) is 34.7 Å². The predicted octanol–water partition coefficient (Wildman–Crippen LogP) is 3.89. The van der Waals surface area contributed by atoms with Gasteiger partial charge in [-0.1, -0.05) is 29.4 Å². The summed E-state index contributed by atoms with van der Waals surface area (Å²) in [7, 11) is 0. The Morgan fingerprint density at radius 3 is 2.44 bits per heavy atom. The van der Waals surface area contributed by atoms with E-state index in [0.29, 0.717) is 22.3 Å². The number of carbonyl (C=O) groups excluding carboxylic acids is 2. The second-order valence-corrected chi connectivity index (χ2v) is 7.21. The van der Waals surface area contributed by atoms with Gasteiger partial charge in [0, 0.05) is 28.5 Å². The van der Waals surface area contributed by atoms with Gasteiger partial charge in [0.05, 0.1) is 0 Å². The molecule has 144 valence electrons. The summed E-state index contributed by atoms with van der Waals surface area (Å²) in [6.45, 7) is 5.33. The van der Waals surface area contributed by atoms with Crippen molar-refractivity contribution < 1.29 is 14.3 Å².